The second kappa shape index (κ2) is 13.4. The fraction of sp³-hybridized carbons (Fsp3) is 0.459. The van der Waals surface area contributed by atoms with Crippen molar-refractivity contribution >= 4 is 5.57 Å². The zero-order chi connectivity index (χ0) is 28.9. The smallest absolute Gasteiger partial charge is 0.167 e. The Morgan fingerprint density at radius 2 is 1.20 bits per heavy atom. The average molecular weight is 563 g/mol. The lowest BCUT2D eigenvalue weighted by molar-refractivity contribution is 0.187. The predicted molar refractivity (Wildman–Crippen MR) is 161 cm³/mol. The first kappa shape index (κ1) is 29.6. The van der Waals surface area contributed by atoms with E-state index in [2.05, 4.69) is 13.0 Å². The second-order valence-electron chi connectivity index (χ2n) is 12.2. The minimum atomic E-state index is -0.892. The van der Waals surface area contributed by atoms with Gasteiger partial charge in [-0.25, -0.2) is 17.6 Å². The van der Waals surface area contributed by atoms with Crippen molar-refractivity contribution < 1.29 is 17.6 Å². The molecule has 4 heteroatoms. The highest BCUT2D eigenvalue weighted by Crippen LogP contribution is 2.43. The van der Waals surface area contributed by atoms with Crippen molar-refractivity contribution in [2.75, 3.05) is 0 Å². The van der Waals surface area contributed by atoms with Crippen molar-refractivity contribution in [3.8, 4) is 22.3 Å². The molecule has 0 aliphatic heterocycles. The summed E-state index contributed by atoms with van der Waals surface area (Å²) in [6.45, 7) is 4.03. The van der Waals surface area contributed by atoms with Crippen LogP contribution >= 0.6 is 0 Å². The van der Waals surface area contributed by atoms with Gasteiger partial charge in [-0.05, 0) is 78.5 Å². The van der Waals surface area contributed by atoms with Crippen molar-refractivity contribution in [2.24, 2.45) is 17.8 Å². The molecule has 0 heterocycles. The largest absolute Gasteiger partial charge is 0.203 e. The molecule has 0 nitrogen and oxygen atoms in total. The Labute approximate surface area is 242 Å². The van der Waals surface area contributed by atoms with E-state index in [9.17, 15) is 8.78 Å². The van der Waals surface area contributed by atoms with E-state index in [0.29, 0.717) is 34.6 Å². The van der Waals surface area contributed by atoms with E-state index in [1.807, 2.05) is 0 Å². The summed E-state index contributed by atoms with van der Waals surface area (Å²) in [5.74, 6) is -1.11. The molecule has 2 aliphatic rings. The maximum Gasteiger partial charge on any atom is 0.167 e. The quantitative estimate of drug-likeness (QED) is 0.180. The lowest BCUT2D eigenvalue weighted by Gasteiger charge is -2.35. The van der Waals surface area contributed by atoms with E-state index in [-0.39, 0.29) is 11.1 Å². The van der Waals surface area contributed by atoms with Crippen molar-refractivity contribution in [1.82, 2.24) is 0 Å². The third-order valence-electron chi connectivity index (χ3n) is 9.70. The Balaban J connectivity index is 1.25. The minimum Gasteiger partial charge on any atom is -0.203 e. The van der Waals surface area contributed by atoms with Gasteiger partial charge >= 0.3 is 0 Å². The summed E-state index contributed by atoms with van der Waals surface area (Å²) in [6, 6.07) is 12.9. The van der Waals surface area contributed by atoms with E-state index in [0.717, 1.165) is 36.7 Å². The fourth-order valence-electron chi connectivity index (χ4n) is 7.09. The zero-order valence-electron chi connectivity index (χ0n) is 24.4. The van der Waals surface area contributed by atoms with Crippen LogP contribution in [0.15, 0.2) is 54.6 Å². The van der Waals surface area contributed by atoms with Gasteiger partial charge in [0.15, 0.2) is 23.3 Å². The summed E-state index contributed by atoms with van der Waals surface area (Å²) < 4.78 is 59.6. The Kier molecular flexibility index (Phi) is 9.68. The summed E-state index contributed by atoms with van der Waals surface area (Å²) in [5.41, 5.74) is 2.87. The number of unbranched alkanes of at least 4 members (excludes halogenated alkanes) is 2. The molecule has 0 N–H and O–H groups in total. The molecule has 5 rings (SSSR count). The van der Waals surface area contributed by atoms with Crippen LogP contribution in [0.4, 0.5) is 17.6 Å². The Hall–Kier alpha value is -2.88. The maximum absolute atomic E-state index is 15.4. The summed E-state index contributed by atoms with van der Waals surface area (Å²) in [7, 11) is 0. The van der Waals surface area contributed by atoms with Crippen LogP contribution < -0.4 is 0 Å². The van der Waals surface area contributed by atoms with Crippen molar-refractivity contribution in [2.45, 2.75) is 90.9 Å². The molecule has 218 valence electrons. The van der Waals surface area contributed by atoms with E-state index in [1.165, 1.54) is 51.4 Å². The van der Waals surface area contributed by atoms with Crippen LogP contribution in [0.5, 0.6) is 0 Å². The summed E-state index contributed by atoms with van der Waals surface area (Å²) >= 11 is 0. The molecule has 0 radical (unpaired) electrons. The lowest BCUT2D eigenvalue weighted by atomic mass is 9.70. The van der Waals surface area contributed by atoms with E-state index >= 15 is 8.78 Å². The number of allylic oxidation sites excluding steroid dienone is 2. The molecule has 3 aromatic carbocycles. The van der Waals surface area contributed by atoms with Gasteiger partial charge in [0.1, 0.15) is 0 Å². The highest BCUT2D eigenvalue weighted by atomic mass is 19.2. The van der Waals surface area contributed by atoms with Gasteiger partial charge in [-0.2, -0.15) is 0 Å². The van der Waals surface area contributed by atoms with Crippen LogP contribution in [0.1, 0.15) is 95.6 Å². The first-order valence-corrected chi connectivity index (χ1v) is 15.7. The molecule has 3 aromatic rings. The monoisotopic (exact) mass is 562 g/mol. The van der Waals surface area contributed by atoms with Gasteiger partial charge < -0.3 is 0 Å². The van der Waals surface area contributed by atoms with E-state index in [1.54, 1.807) is 55.5 Å². The molecule has 1 saturated carbocycles. The van der Waals surface area contributed by atoms with Crippen LogP contribution in [-0.2, 0) is 6.42 Å². The SMILES string of the molecule is CCCCCC1CCC(C2CC=C(c3ccc(-c4ccc(-c5ccc(CC)c(F)c5F)cc4)c(F)c3F)CC2)CC1. The molecule has 41 heavy (non-hydrogen) atoms. The molecule has 2 aliphatic carbocycles. The van der Waals surface area contributed by atoms with Gasteiger partial charge in [-0.1, -0.05) is 107 Å². The summed E-state index contributed by atoms with van der Waals surface area (Å²) in [4.78, 5) is 0. The van der Waals surface area contributed by atoms with Crippen molar-refractivity contribution in [1.29, 1.82) is 0 Å². The third kappa shape index (κ3) is 6.47. The maximum atomic E-state index is 15.4. The van der Waals surface area contributed by atoms with Gasteiger partial charge in [0.25, 0.3) is 0 Å². The summed E-state index contributed by atoms with van der Waals surface area (Å²) in [5, 5.41) is 0. The molecule has 0 bridgehead atoms. The van der Waals surface area contributed by atoms with Crippen LogP contribution in [0.3, 0.4) is 0 Å². The normalized spacial score (nSPS) is 21.1. The highest BCUT2D eigenvalue weighted by molar-refractivity contribution is 5.74. The van der Waals surface area contributed by atoms with Gasteiger partial charge in [0.2, 0.25) is 0 Å². The molecule has 0 spiro atoms. The number of halogens is 4. The fourth-order valence-corrected chi connectivity index (χ4v) is 7.09. The molecular weight excluding hydrogens is 520 g/mol. The average Bonchev–Trinajstić information content (AvgIpc) is 3.01. The second-order valence-corrected chi connectivity index (χ2v) is 12.2. The number of hydrogen-bond acceptors (Lipinski definition) is 0. The molecule has 0 saturated heterocycles. The van der Waals surface area contributed by atoms with Gasteiger partial charge in [-0.3, -0.25) is 0 Å². The van der Waals surface area contributed by atoms with Gasteiger partial charge in [0.05, 0.1) is 0 Å². The number of hydrogen-bond donors (Lipinski definition) is 0. The van der Waals surface area contributed by atoms with Gasteiger partial charge in [-0.15, -0.1) is 0 Å². The zero-order valence-corrected chi connectivity index (χ0v) is 24.4. The third-order valence-corrected chi connectivity index (χ3v) is 9.70. The van der Waals surface area contributed by atoms with Crippen molar-refractivity contribution in [3.05, 3.63) is 89.0 Å². The van der Waals surface area contributed by atoms with E-state index < -0.39 is 23.3 Å². The van der Waals surface area contributed by atoms with E-state index in [4.69, 9.17) is 0 Å². The van der Waals surface area contributed by atoms with Gasteiger partial charge in [0, 0.05) is 16.7 Å². The van der Waals surface area contributed by atoms with Crippen LogP contribution in [-0.4, -0.2) is 0 Å². The molecule has 1 unspecified atom stereocenters. The first-order valence-electron chi connectivity index (χ1n) is 15.7. The number of aryl methyl sites for hydroxylation is 1. The molecule has 1 atom stereocenters. The van der Waals surface area contributed by atoms with Crippen molar-refractivity contribution in [3.63, 3.8) is 0 Å². The Morgan fingerprint density at radius 3 is 1.78 bits per heavy atom. The van der Waals surface area contributed by atoms with Crippen LogP contribution in [0.2, 0.25) is 0 Å². The predicted octanol–water partition coefficient (Wildman–Crippen LogP) is 11.7. The summed E-state index contributed by atoms with van der Waals surface area (Å²) in [6.07, 6.45) is 16.0. The topological polar surface area (TPSA) is 0 Å². The Morgan fingerprint density at radius 1 is 0.610 bits per heavy atom. The first-order chi connectivity index (χ1) is 19.9. The molecule has 0 amide bonds. The minimum absolute atomic E-state index is 0.149. The highest BCUT2D eigenvalue weighted by Gasteiger charge is 2.29. The Bertz CT molecular complexity index is 1360. The standard InChI is InChI=1S/C37H42F4/c1-3-5-6-7-24-8-10-26(11-9-24)27-12-14-28(15-13-27)32-22-23-33(37(41)36(32)40)30-18-16-29(17-19-30)31-21-20-25(4-2)34(38)35(31)39/h14,16-24,26-27H,3-13,15H2,1-2H3. The molecule has 0 aromatic heterocycles. The number of rotatable bonds is 9. The lowest BCUT2D eigenvalue weighted by Crippen LogP contribution is -2.23. The number of benzene rings is 3. The van der Waals surface area contributed by atoms with Crippen LogP contribution in [0.25, 0.3) is 27.8 Å². The molecule has 1 fully saturated rings. The van der Waals surface area contributed by atoms with Crippen LogP contribution in [0, 0.1) is 41.0 Å². The molecular formula is C37H42F4.